The average Bonchev–Trinajstić information content (AvgIpc) is 2.77. The maximum Gasteiger partial charge on any atom is 0.573 e. The van der Waals surface area contributed by atoms with Crippen molar-refractivity contribution in [1.29, 1.82) is 0 Å². The molecule has 0 aliphatic carbocycles. The van der Waals surface area contributed by atoms with Crippen molar-refractivity contribution in [3.63, 3.8) is 0 Å². The number of benzene rings is 1. The number of esters is 1. The van der Waals surface area contributed by atoms with Crippen LogP contribution in [0.1, 0.15) is 37.8 Å². The lowest BCUT2D eigenvalue weighted by Gasteiger charge is -2.30. The van der Waals surface area contributed by atoms with E-state index in [4.69, 9.17) is 9.47 Å². The Bertz CT molecular complexity index is 1060. The van der Waals surface area contributed by atoms with Crippen LogP contribution in [0, 0.1) is 10.1 Å². The molecule has 2 unspecified atom stereocenters. The van der Waals surface area contributed by atoms with Crippen molar-refractivity contribution in [2.24, 2.45) is 0 Å². The van der Waals surface area contributed by atoms with Gasteiger partial charge in [-0.2, -0.15) is 13.2 Å². The lowest BCUT2D eigenvalue weighted by Crippen LogP contribution is -2.41. The molecule has 0 N–H and O–H groups in total. The molecule has 0 saturated heterocycles. The smallest absolute Gasteiger partial charge is 0.475 e. The number of hydrogen-bond acceptors (Lipinski definition) is 10. The number of rotatable bonds is 11. The number of alkyl halides is 6. The summed E-state index contributed by atoms with van der Waals surface area (Å²) in [5.41, 5.74) is -1.46. The third-order valence-electron chi connectivity index (χ3n) is 4.64. The summed E-state index contributed by atoms with van der Waals surface area (Å²) < 4.78 is 102. The number of nitrogens with zero attached hydrogens (tertiary/aromatic N) is 1. The molecule has 1 heterocycles. The van der Waals surface area contributed by atoms with Gasteiger partial charge in [0.25, 0.3) is 5.09 Å². The standard InChI is InChI=1S/C21H21F6NO10/c1-3-12-8-14(38-21(25,26)27)9-13-10-15(17(20(22,23)24)37-16(12)13)18(29)35-11(2)36-19(30)33-6-4-5-7-34-28(31)32/h8-11,17H,3-7H2,1-2H3. The van der Waals surface area contributed by atoms with Crippen molar-refractivity contribution in [3.8, 4) is 11.5 Å². The number of fused-ring (bicyclic) bond motifs is 1. The Labute approximate surface area is 210 Å². The van der Waals surface area contributed by atoms with Crippen molar-refractivity contribution in [2.45, 2.75) is 58.0 Å². The van der Waals surface area contributed by atoms with Crippen LogP contribution in [0.15, 0.2) is 17.7 Å². The molecule has 17 heteroatoms. The van der Waals surface area contributed by atoms with Gasteiger partial charge in [0, 0.05) is 12.5 Å². The van der Waals surface area contributed by atoms with Gasteiger partial charge in [0.05, 0.1) is 18.8 Å². The molecule has 1 aliphatic rings. The van der Waals surface area contributed by atoms with Crippen LogP contribution in [0.4, 0.5) is 31.1 Å². The summed E-state index contributed by atoms with van der Waals surface area (Å²) in [6.45, 7) is 1.96. The molecule has 1 aromatic rings. The van der Waals surface area contributed by atoms with Crippen molar-refractivity contribution in [1.82, 2.24) is 0 Å². The quantitative estimate of drug-likeness (QED) is 0.0919. The van der Waals surface area contributed by atoms with Gasteiger partial charge in [-0.1, -0.05) is 6.92 Å². The van der Waals surface area contributed by atoms with Gasteiger partial charge < -0.3 is 28.5 Å². The molecule has 11 nitrogen and oxygen atoms in total. The van der Waals surface area contributed by atoms with E-state index >= 15 is 0 Å². The van der Waals surface area contributed by atoms with Gasteiger partial charge in [0.2, 0.25) is 12.4 Å². The van der Waals surface area contributed by atoms with E-state index < -0.39 is 59.2 Å². The highest BCUT2D eigenvalue weighted by Gasteiger charge is 2.49. The average molecular weight is 561 g/mol. The van der Waals surface area contributed by atoms with E-state index in [1.807, 2.05) is 0 Å². The molecule has 1 aliphatic heterocycles. The molecule has 38 heavy (non-hydrogen) atoms. The van der Waals surface area contributed by atoms with Crippen LogP contribution in [0.5, 0.6) is 11.5 Å². The Kier molecular flexibility index (Phi) is 10.0. The molecule has 0 radical (unpaired) electrons. The normalized spacial score (nSPS) is 15.8. The maximum absolute atomic E-state index is 13.7. The number of carbonyl (C=O) groups is 2. The lowest BCUT2D eigenvalue weighted by atomic mass is 9.97. The number of carbonyl (C=O) groups excluding carboxylic acids is 2. The third kappa shape index (κ3) is 9.19. The molecule has 2 rings (SSSR count). The molecule has 1 aromatic carbocycles. The van der Waals surface area contributed by atoms with E-state index in [9.17, 15) is 46.0 Å². The highest BCUT2D eigenvalue weighted by Crippen LogP contribution is 2.42. The summed E-state index contributed by atoms with van der Waals surface area (Å²) in [5, 5.41) is 9.01. The molecule has 0 aromatic heterocycles. The van der Waals surface area contributed by atoms with E-state index in [2.05, 4.69) is 19.0 Å². The van der Waals surface area contributed by atoms with Crippen LogP contribution in [-0.4, -0.2) is 55.4 Å². The minimum Gasteiger partial charge on any atom is -0.475 e. The Balaban J connectivity index is 2.13. The van der Waals surface area contributed by atoms with Crippen LogP contribution >= 0.6 is 0 Å². The summed E-state index contributed by atoms with van der Waals surface area (Å²) >= 11 is 0. The zero-order valence-corrected chi connectivity index (χ0v) is 19.7. The van der Waals surface area contributed by atoms with Crippen LogP contribution < -0.4 is 9.47 Å². The zero-order chi connectivity index (χ0) is 28.7. The van der Waals surface area contributed by atoms with Crippen molar-refractivity contribution in [2.75, 3.05) is 13.2 Å². The summed E-state index contributed by atoms with van der Waals surface area (Å²) in [6, 6.07) is 1.61. The second-order valence-corrected chi connectivity index (χ2v) is 7.49. The molecule has 0 fully saturated rings. The summed E-state index contributed by atoms with van der Waals surface area (Å²) in [7, 11) is 0. The Hall–Kier alpha value is -3.92. The van der Waals surface area contributed by atoms with E-state index in [0.717, 1.165) is 19.1 Å². The van der Waals surface area contributed by atoms with Crippen molar-refractivity contribution >= 4 is 18.2 Å². The van der Waals surface area contributed by atoms with Gasteiger partial charge in [0.1, 0.15) is 11.5 Å². The Morgan fingerprint density at radius 2 is 1.76 bits per heavy atom. The fourth-order valence-corrected chi connectivity index (χ4v) is 3.13. The molecule has 0 saturated carbocycles. The monoisotopic (exact) mass is 561 g/mol. The summed E-state index contributed by atoms with van der Waals surface area (Å²) in [5.74, 6) is -2.76. The first-order valence-corrected chi connectivity index (χ1v) is 10.8. The number of halogens is 6. The fourth-order valence-electron chi connectivity index (χ4n) is 3.13. The number of hydrogen-bond donors (Lipinski definition) is 0. The molecule has 2 atom stereocenters. The SMILES string of the molecule is CCc1cc(OC(F)(F)F)cc2c1OC(C(F)(F)F)C(C(=O)OC(C)OC(=O)OCCCCO[N+](=O)[O-])=C2. The van der Waals surface area contributed by atoms with Gasteiger partial charge in [-0.25, -0.2) is 9.59 Å². The largest absolute Gasteiger partial charge is 0.573 e. The highest BCUT2D eigenvalue weighted by atomic mass is 19.4. The first-order valence-electron chi connectivity index (χ1n) is 10.8. The van der Waals surface area contributed by atoms with Gasteiger partial charge in [-0.3, -0.25) is 0 Å². The highest BCUT2D eigenvalue weighted by molar-refractivity contribution is 5.96. The van der Waals surface area contributed by atoms with E-state index in [0.29, 0.717) is 6.08 Å². The summed E-state index contributed by atoms with van der Waals surface area (Å²) in [6.07, 6.45) is -15.2. The molecular weight excluding hydrogens is 540 g/mol. The fraction of sp³-hybridized carbons (Fsp3) is 0.524. The topological polar surface area (TPSA) is 133 Å². The van der Waals surface area contributed by atoms with Gasteiger partial charge in [-0.05, 0) is 43.0 Å². The predicted octanol–water partition coefficient (Wildman–Crippen LogP) is 4.89. The number of aryl methyl sites for hydroxylation is 1. The zero-order valence-electron chi connectivity index (χ0n) is 19.7. The second-order valence-electron chi connectivity index (χ2n) is 7.49. The third-order valence-corrected chi connectivity index (χ3v) is 4.64. The number of ether oxygens (including phenoxy) is 5. The molecule has 212 valence electrons. The predicted molar refractivity (Wildman–Crippen MR) is 111 cm³/mol. The van der Waals surface area contributed by atoms with Gasteiger partial charge in [-0.15, -0.1) is 23.3 Å². The van der Waals surface area contributed by atoms with Crippen LogP contribution in [0.25, 0.3) is 6.08 Å². The Morgan fingerprint density at radius 3 is 2.34 bits per heavy atom. The van der Waals surface area contributed by atoms with E-state index in [1.165, 1.54) is 6.92 Å². The van der Waals surface area contributed by atoms with E-state index in [1.54, 1.807) is 0 Å². The molecular formula is C21H21F6NO10. The minimum atomic E-state index is -5.13. The molecule has 0 bridgehead atoms. The second kappa shape index (κ2) is 12.6. The lowest BCUT2D eigenvalue weighted by molar-refractivity contribution is -0.757. The first kappa shape index (κ1) is 30.3. The first-order chi connectivity index (χ1) is 17.6. The maximum atomic E-state index is 13.7. The Morgan fingerprint density at radius 1 is 1.11 bits per heavy atom. The van der Waals surface area contributed by atoms with Crippen LogP contribution in [-0.2, 0) is 30.3 Å². The van der Waals surface area contributed by atoms with Crippen molar-refractivity contribution in [3.05, 3.63) is 38.9 Å². The number of unbranched alkanes of at least 4 members (excludes halogenated alkanes) is 1. The summed E-state index contributed by atoms with van der Waals surface area (Å²) in [4.78, 5) is 38.3. The van der Waals surface area contributed by atoms with Gasteiger partial charge in [0.15, 0.2) is 0 Å². The minimum absolute atomic E-state index is 0.0225. The molecule has 0 spiro atoms. The van der Waals surface area contributed by atoms with Crippen LogP contribution in [0.2, 0.25) is 0 Å². The van der Waals surface area contributed by atoms with E-state index in [-0.39, 0.29) is 43.6 Å². The van der Waals surface area contributed by atoms with Crippen LogP contribution in [0.3, 0.4) is 0 Å². The van der Waals surface area contributed by atoms with Crippen molar-refractivity contribution < 1.29 is 69.5 Å². The molecule has 0 amide bonds. The van der Waals surface area contributed by atoms with Gasteiger partial charge >= 0.3 is 24.7 Å².